The van der Waals surface area contributed by atoms with E-state index in [1.807, 2.05) is 0 Å². The zero-order valence-electron chi connectivity index (χ0n) is 9.76. The van der Waals surface area contributed by atoms with Crippen LogP contribution >= 0.6 is 11.6 Å². The Morgan fingerprint density at radius 2 is 2.44 bits per heavy atom. The van der Waals surface area contributed by atoms with Gasteiger partial charge in [0, 0.05) is 26.6 Å². The van der Waals surface area contributed by atoms with Gasteiger partial charge in [-0.05, 0) is 0 Å². The topological polar surface area (TPSA) is 93.5 Å². The normalized spacial score (nSPS) is 24.6. The van der Waals surface area contributed by atoms with Gasteiger partial charge in [0.25, 0.3) is 10.0 Å². The van der Waals surface area contributed by atoms with E-state index in [1.54, 1.807) is 7.05 Å². The zero-order valence-corrected chi connectivity index (χ0v) is 11.3. The van der Waals surface area contributed by atoms with Crippen LogP contribution in [0.1, 0.15) is 6.42 Å². The first-order valence-electron chi connectivity index (χ1n) is 5.31. The molecule has 1 fully saturated rings. The van der Waals surface area contributed by atoms with Crippen LogP contribution in [-0.4, -0.2) is 48.4 Å². The maximum absolute atomic E-state index is 11.9. The number of aliphatic hydroxyl groups is 1. The van der Waals surface area contributed by atoms with Crippen molar-refractivity contribution in [1.29, 1.82) is 0 Å². The highest BCUT2D eigenvalue weighted by Crippen LogP contribution is 2.21. The first kappa shape index (κ1) is 13.8. The molecule has 0 saturated carbocycles. The van der Waals surface area contributed by atoms with Crippen molar-refractivity contribution >= 4 is 21.6 Å². The molecule has 0 aliphatic carbocycles. The highest BCUT2D eigenvalue weighted by molar-refractivity contribution is 7.89. The number of imidazole rings is 1. The van der Waals surface area contributed by atoms with Gasteiger partial charge in [-0.1, -0.05) is 11.6 Å². The highest BCUT2D eigenvalue weighted by atomic mass is 35.5. The summed E-state index contributed by atoms with van der Waals surface area (Å²) in [5.41, 5.74) is -1.16. The molecular weight excluding hydrogens is 282 g/mol. The molecule has 0 bridgehead atoms. The molecule has 1 atom stereocenters. The van der Waals surface area contributed by atoms with Gasteiger partial charge in [0.2, 0.25) is 5.03 Å². The van der Waals surface area contributed by atoms with Gasteiger partial charge >= 0.3 is 0 Å². The Labute approximate surface area is 110 Å². The molecule has 1 aromatic heterocycles. The zero-order chi connectivity index (χ0) is 13.4. The lowest BCUT2D eigenvalue weighted by molar-refractivity contribution is 0.0314. The minimum Gasteiger partial charge on any atom is -0.386 e. The number of sulfonamides is 1. The van der Waals surface area contributed by atoms with E-state index in [0.717, 1.165) is 0 Å². The predicted octanol–water partition coefficient (Wildman–Crippen LogP) is -0.497. The van der Waals surface area contributed by atoms with E-state index in [0.29, 0.717) is 13.0 Å². The Morgan fingerprint density at radius 3 is 2.94 bits per heavy atom. The quantitative estimate of drug-likeness (QED) is 0.781. The van der Waals surface area contributed by atoms with Gasteiger partial charge in [-0.25, -0.2) is 18.1 Å². The molecule has 1 aliphatic rings. The second-order valence-electron chi connectivity index (χ2n) is 4.30. The Morgan fingerprint density at radius 1 is 1.72 bits per heavy atom. The number of rotatable bonds is 4. The molecule has 2 heterocycles. The molecule has 1 aliphatic heterocycles. The van der Waals surface area contributed by atoms with Gasteiger partial charge in [0.1, 0.15) is 10.8 Å². The fourth-order valence-corrected chi connectivity index (χ4v) is 3.15. The van der Waals surface area contributed by atoms with E-state index < -0.39 is 15.6 Å². The summed E-state index contributed by atoms with van der Waals surface area (Å²) < 4.78 is 32.6. The van der Waals surface area contributed by atoms with E-state index in [-0.39, 0.29) is 23.3 Å². The first-order chi connectivity index (χ1) is 8.34. The van der Waals surface area contributed by atoms with Gasteiger partial charge in [-0.15, -0.1) is 0 Å². The van der Waals surface area contributed by atoms with Gasteiger partial charge < -0.3 is 14.4 Å². The average molecular weight is 296 g/mol. The monoisotopic (exact) mass is 295 g/mol. The molecule has 7 nitrogen and oxygen atoms in total. The molecule has 1 saturated heterocycles. The van der Waals surface area contributed by atoms with Crippen LogP contribution in [0, 0.1) is 0 Å². The molecule has 0 amide bonds. The molecule has 1 unspecified atom stereocenters. The highest BCUT2D eigenvalue weighted by Gasteiger charge is 2.34. The van der Waals surface area contributed by atoms with Crippen LogP contribution in [0.15, 0.2) is 11.4 Å². The first-order valence-corrected chi connectivity index (χ1v) is 7.17. The van der Waals surface area contributed by atoms with Crippen LogP contribution in [0.3, 0.4) is 0 Å². The summed E-state index contributed by atoms with van der Waals surface area (Å²) in [5, 5.41) is 9.75. The maximum atomic E-state index is 11.9. The third-order valence-electron chi connectivity index (χ3n) is 2.76. The number of ether oxygens (including phenoxy) is 1. The van der Waals surface area contributed by atoms with Crippen LogP contribution in [0.2, 0.25) is 5.15 Å². The standard InChI is InChI=1S/C9H14ClN3O4S/c1-13-6-11-8(7(13)10)18(15,16)12-4-9(14)2-3-17-5-9/h6,12,14H,2-5H2,1H3. The van der Waals surface area contributed by atoms with E-state index in [9.17, 15) is 13.5 Å². The second kappa shape index (κ2) is 4.78. The Kier molecular flexibility index (Phi) is 3.65. The molecule has 0 radical (unpaired) electrons. The van der Waals surface area contributed by atoms with E-state index >= 15 is 0 Å². The van der Waals surface area contributed by atoms with Crippen LogP contribution in [0.5, 0.6) is 0 Å². The minimum absolute atomic E-state index is 0.0251. The molecule has 102 valence electrons. The number of nitrogens with one attached hydrogen (secondary N) is 1. The molecule has 2 N–H and O–H groups in total. The van der Waals surface area contributed by atoms with Crippen LogP contribution in [0.25, 0.3) is 0 Å². The molecule has 18 heavy (non-hydrogen) atoms. The number of aromatic nitrogens is 2. The maximum Gasteiger partial charge on any atom is 0.261 e. The fraction of sp³-hybridized carbons (Fsp3) is 0.667. The predicted molar refractivity (Wildman–Crippen MR) is 63.8 cm³/mol. The van der Waals surface area contributed by atoms with Crippen LogP contribution in [-0.2, 0) is 21.8 Å². The fourth-order valence-electron chi connectivity index (χ4n) is 1.61. The average Bonchev–Trinajstić information content (AvgIpc) is 2.86. The van der Waals surface area contributed by atoms with Crippen molar-refractivity contribution in [3.8, 4) is 0 Å². The number of hydrogen-bond donors (Lipinski definition) is 2. The summed E-state index contributed by atoms with van der Waals surface area (Å²) in [6.45, 7) is 0.413. The van der Waals surface area contributed by atoms with Crippen molar-refractivity contribution in [2.45, 2.75) is 17.0 Å². The number of halogens is 1. The summed E-state index contributed by atoms with van der Waals surface area (Å²) in [4.78, 5) is 3.72. The van der Waals surface area contributed by atoms with Crippen molar-refractivity contribution in [3.05, 3.63) is 11.5 Å². The molecule has 1 aromatic rings. The summed E-state index contributed by atoms with van der Waals surface area (Å²) >= 11 is 5.82. The summed E-state index contributed by atoms with van der Waals surface area (Å²) in [5.74, 6) is 0. The van der Waals surface area contributed by atoms with E-state index in [4.69, 9.17) is 16.3 Å². The van der Waals surface area contributed by atoms with E-state index in [1.165, 1.54) is 10.9 Å². The van der Waals surface area contributed by atoms with Crippen molar-refractivity contribution < 1.29 is 18.3 Å². The summed E-state index contributed by atoms with van der Waals surface area (Å²) in [7, 11) is -2.24. The SMILES string of the molecule is Cn1cnc(S(=O)(=O)NCC2(O)CCOC2)c1Cl. The summed E-state index contributed by atoms with van der Waals surface area (Å²) in [6.07, 6.45) is 1.70. The molecule has 2 rings (SSSR count). The summed E-state index contributed by atoms with van der Waals surface area (Å²) in [6, 6.07) is 0. The van der Waals surface area contributed by atoms with Crippen LogP contribution in [0.4, 0.5) is 0 Å². The Bertz CT molecular complexity index is 536. The van der Waals surface area contributed by atoms with Gasteiger partial charge in [0.05, 0.1) is 12.9 Å². The lowest BCUT2D eigenvalue weighted by atomic mass is 10.1. The second-order valence-corrected chi connectivity index (χ2v) is 6.34. The van der Waals surface area contributed by atoms with Gasteiger partial charge in [0.15, 0.2) is 0 Å². The minimum atomic E-state index is -3.83. The largest absolute Gasteiger partial charge is 0.386 e. The lowest BCUT2D eigenvalue weighted by Gasteiger charge is -2.20. The van der Waals surface area contributed by atoms with Gasteiger partial charge in [-0.2, -0.15) is 0 Å². The number of hydrogen-bond acceptors (Lipinski definition) is 5. The molecule has 0 spiro atoms. The van der Waals surface area contributed by atoms with Crippen molar-refractivity contribution in [2.75, 3.05) is 19.8 Å². The smallest absolute Gasteiger partial charge is 0.261 e. The third-order valence-corrected chi connectivity index (χ3v) is 4.65. The van der Waals surface area contributed by atoms with Gasteiger partial charge in [-0.3, -0.25) is 0 Å². The molecular formula is C9H14ClN3O4S. The molecule has 0 aromatic carbocycles. The third kappa shape index (κ3) is 2.67. The van der Waals surface area contributed by atoms with Crippen LogP contribution < -0.4 is 4.72 Å². The Balaban J connectivity index is 2.10. The molecule has 9 heteroatoms. The van der Waals surface area contributed by atoms with E-state index in [2.05, 4.69) is 9.71 Å². The Hall–Kier alpha value is -0.670. The van der Waals surface area contributed by atoms with Crippen molar-refractivity contribution in [1.82, 2.24) is 14.3 Å². The number of aryl methyl sites for hydroxylation is 1. The van der Waals surface area contributed by atoms with Crippen molar-refractivity contribution in [2.24, 2.45) is 7.05 Å². The lowest BCUT2D eigenvalue weighted by Crippen LogP contribution is -2.43. The number of nitrogens with zero attached hydrogens (tertiary/aromatic N) is 2. The van der Waals surface area contributed by atoms with Crippen molar-refractivity contribution in [3.63, 3.8) is 0 Å².